The molecule has 0 saturated heterocycles. The molecule has 108 valence electrons. The molecule has 0 N–H and O–H groups in total. The van der Waals surface area contributed by atoms with Gasteiger partial charge in [0, 0.05) is 16.4 Å². The zero-order valence-electron chi connectivity index (χ0n) is 15.5. The molecule has 0 unspecified atom stereocenters. The van der Waals surface area contributed by atoms with Crippen LogP contribution in [0, 0.1) is 13.8 Å². The Hall–Kier alpha value is -2.68. The van der Waals surface area contributed by atoms with Crippen LogP contribution in [0.4, 0.5) is 0 Å². The Balaban J connectivity index is 2.06. The van der Waals surface area contributed by atoms with Crippen LogP contribution in [-0.4, -0.2) is 9.38 Å². The molecule has 3 nitrogen and oxygen atoms in total. The van der Waals surface area contributed by atoms with E-state index in [1.807, 2.05) is 56.7 Å². The first-order valence-electron chi connectivity index (χ1n) is 8.73. The lowest BCUT2D eigenvalue weighted by Gasteiger charge is -2.07. The van der Waals surface area contributed by atoms with Crippen LogP contribution >= 0.6 is 0 Å². The molecule has 0 aliphatic carbocycles. The molecule has 3 aromatic heterocycles. The Bertz CT molecular complexity index is 1110. The van der Waals surface area contributed by atoms with Gasteiger partial charge in [-0.1, -0.05) is 23.8 Å². The van der Waals surface area contributed by atoms with E-state index < -0.39 is 6.85 Å². The first-order valence-corrected chi connectivity index (χ1v) is 7.23. The molecule has 1 aromatic carbocycles. The summed E-state index contributed by atoms with van der Waals surface area (Å²) in [4.78, 5) is 4.69. The number of fused-ring (bicyclic) bond motifs is 3. The van der Waals surface area contributed by atoms with Gasteiger partial charge in [-0.3, -0.25) is 4.40 Å². The number of hydrogen-bond donors (Lipinski definition) is 0. The predicted molar refractivity (Wildman–Crippen MR) is 88.8 cm³/mol. The van der Waals surface area contributed by atoms with Gasteiger partial charge < -0.3 is 0 Å². The Morgan fingerprint density at radius 3 is 2.91 bits per heavy atom. The molecular formula is C19H18N3+. The zero-order chi connectivity index (χ0) is 17.8. The molecular weight excluding hydrogens is 270 g/mol. The molecule has 22 heavy (non-hydrogen) atoms. The van der Waals surface area contributed by atoms with E-state index in [0.29, 0.717) is 5.56 Å². The molecule has 0 fully saturated rings. The van der Waals surface area contributed by atoms with Gasteiger partial charge in [-0.15, -0.1) is 0 Å². The third-order valence-corrected chi connectivity index (χ3v) is 4.07. The molecule has 0 aliphatic heterocycles. The molecule has 0 bridgehead atoms. The molecule has 0 radical (unpaired) electrons. The highest BCUT2D eigenvalue weighted by atomic mass is 15.0. The lowest BCUT2D eigenvalue weighted by atomic mass is 10.0. The lowest BCUT2D eigenvalue weighted by molar-refractivity contribution is -0.659. The monoisotopic (exact) mass is 291 g/mol. The van der Waals surface area contributed by atoms with Crippen molar-refractivity contribution in [3.63, 3.8) is 0 Å². The molecule has 4 rings (SSSR count). The van der Waals surface area contributed by atoms with Crippen LogP contribution in [0.3, 0.4) is 0 Å². The highest BCUT2D eigenvalue weighted by Crippen LogP contribution is 2.28. The molecule has 3 heterocycles. The number of imidazole rings is 1. The highest BCUT2D eigenvalue weighted by molar-refractivity contribution is 5.91. The molecule has 0 spiro atoms. The van der Waals surface area contributed by atoms with Crippen LogP contribution in [0.15, 0.2) is 54.9 Å². The van der Waals surface area contributed by atoms with Crippen LogP contribution in [0.5, 0.6) is 0 Å². The number of pyridine rings is 2. The number of nitrogens with zero attached hydrogens (tertiary/aromatic N) is 3. The van der Waals surface area contributed by atoms with Crippen molar-refractivity contribution in [2.24, 2.45) is 7.05 Å². The van der Waals surface area contributed by atoms with E-state index in [9.17, 15) is 0 Å². The number of rotatable bonds is 1. The van der Waals surface area contributed by atoms with Gasteiger partial charge in [-0.25, -0.2) is 4.98 Å². The quantitative estimate of drug-likeness (QED) is 0.491. The van der Waals surface area contributed by atoms with Gasteiger partial charge in [0.15, 0.2) is 6.20 Å². The second-order valence-corrected chi connectivity index (χ2v) is 5.58. The molecule has 0 saturated carbocycles. The molecule has 0 aliphatic rings. The van der Waals surface area contributed by atoms with E-state index in [2.05, 4.69) is 14.0 Å². The van der Waals surface area contributed by atoms with E-state index in [4.69, 9.17) is 4.11 Å². The normalized spacial score (nSPS) is 14.0. The smallest absolute Gasteiger partial charge is 0.239 e. The highest BCUT2D eigenvalue weighted by Gasteiger charge is 2.20. The fourth-order valence-corrected chi connectivity index (χ4v) is 3.04. The second-order valence-electron chi connectivity index (χ2n) is 5.58. The summed E-state index contributed by atoms with van der Waals surface area (Å²) in [6.07, 6.45) is 3.99. The van der Waals surface area contributed by atoms with Gasteiger partial charge in [0.05, 0.1) is 5.56 Å². The summed E-state index contributed by atoms with van der Waals surface area (Å²) in [6, 6.07) is 13.3. The van der Waals surface area contributed by atoms with E-state index >= 15 is 0 Å². The van der Waals surface area contributed by atoms with Gasteiger partial charge in [-0.2, -0.15) is 4.57 Å². The third-order valence-electron chi connectivity index (χ3n) is 4.07. The van der Waals surface area contributed by atoms with Crippen molar-refractivity contribution in [1.29, 1.82) is 0 Å². The van der Waals surface area contributed by atoms with E-state index in [-0.39, 0.29) is 0 Å². The van der Waals surface area contributed by atoms with Crippen molar-refractivity contribution in [2.45, 2.75) is 13.8 Å². The summed E-state index contributed by atoms with van der Waals surface area (Å²) in [5.41, 5.74) is 6.15. The van der Waals surface area contributed by atoms with Crippen LogP contribution < -0.4 is 4.57 Å². The standard InChI is InChI=1S/C19H18N3/c1-13-7-8-15(14(2)12-13)18-19-16(9-11-21(18)3)20-17-6-4-5-10-22(17)19/h4-12H,1-3H3/q+1/i1D3. The number of benzene rings is 1. The van der Waals surface area contributed by atoms with Crippen LogP contribution in [0.2, 0.25) is 0 Å². The topological polar surface area (TPSA) is 21.2 Å². The van der Waals surface area contributed by atoms with Gasteiger partial charge in [-0.05, 0) is 37.5 Å². The van der Waals surface area contributed by atoms with Crippen LogP contribution in [-0.2, 0) is 7.05 Å². The Morgan fingerprint density at radius 1 is 1.18 bits per heavy atom. The summed E-state index contributed by atoms with van der Waals surface area (Å²) < 4.78 is 27.0. The summed E-state index contributed by atoms with van der Waals surface area (Å²) >= 11 is 0. The molecule has 4 aromatic rings. The van der Waals surface area contributed by atoms with E-state index in [0.717, 1.165) is 33.5 Å². The van der Waals surface area contributed by atoms with Crippen molar-refractivity contribution in [3.05, 3.63) is 66.0 Å². The van der Waals surface area contributed by atoms with Crippen LogP contribution in [0.1, 0.15) is 15.2 Å². The average molecular weight is 291 g/mol. The van der Waals surface area contributed by atoms with Gasteiger partial charge in [0.1, 0.15) is 23.7 Å². The Labute approximate surface area is 133 Å². The maximum absolute atomic E-state index is 7.62. The summed E-state index contributed by atoms with van der Waals surface area (Å²) in [6.45, 7) is -0.145. The largest absolute Gasteiger partial charge is 0.294 e. The van der Waals surface area contributed by atoms with Crippen molar-refractivity contribution < 1.29 is 8.68 Å². The average Bonchev–Trinajstić information content (AvgIpc) is 2.93. The molecule has 3 heteroatoms. The van der Waals surface area contributed by atoms with Crippen molar-refractivity contribution >= 4 is 16.7 Å². The summed E-state index contributed by atoms with van der Waals surface area (Å²) in [7, 11) is 1.99. The van der Waals surface area contributed by atoms with Crippen molar-refractivity contribution in [1.82, 2.24) is 9.38 Å². The van der Waals surface area contributed by atoms with Gasteiger partial charge in [0.2, 0.25) is 5.69 Å². The Morgan fingerprint density at radius 2 is 2.09 bits per heavy atom. The number of aryl methyl sites for hydroxylation is 3. The second kappa shape index (κ2) is 4.67. The first kappa shape index (κ1) is 10.1. The lowest BCUT2D eigenvalue weighted by Crippen LogP contribution is -2.31. The molecule has 0 atom stereocenters. The maximum Gasteiger partial charge on any atom is 0.239 e. The number of hydrogen-bond acceptors (Lipinski definition) is 1. The summed E-state index contributed by atoms with van der Waals surface area (Å²) in [5, 5.41) is 0. The van der Waals surface area contributed by atoms with E-state index in [1.165, 1.54) is 0 Å². The number of aromatic nitrogens is 3. The van der Waals surface area contributed by atoms with Crippen LogP contribution in [0.25, 0.3) is 27.9 Å². The fourth-order valence-electron chi connectivity index (χ4n) is 3.04. The van der Waals surface area contributed by atoms with Crippen molar-refractivity contribution in [2.75, 3.05) is 0 Å². The predicted octanol–water partition coefficient (Wildman–Crippen LogP) is 3.60. The minimum Gasteiger partial charge on any atom is -0.294 e. The first-order chi connectivity index (χ1) is 11.9. The summed E-state index contributed by atoms with van der Waals surface area (Å²) in [5.74, 6) is 0. The molecule has 0 amide bonds. The maximum atomic E-state index is 7.62. The zero-order valence-corrected chi connectivity index (χ0v) is 12.5. The third kappa shape index (κ3) is 1.82. The van der Waals surface area contributed by atoms with Crippen molar-refractivity contribution in [3.8, 4) is 11.3 Å². The minimum absolute atomic E-state index is 0.363. The fraction of sp³-hybridized carbons (Fsp3) is 0.158. The SMILES string of the molecule is [2H]C([2H])([2H])c1ccc(-c2c3c(cc[n+]2C)nc2ccccn23)c(C)c1. The Kier molecular flexibility index (Phi) is 2.15. The minimum atomic E-state index is -2.10. The van der Waals surface area contributed by atoms with E-state index in [1.54, 1.807) is 12.1 Å². The van der Waals surface area contributed by atoms with Gasteiger partial charge >= 0.3 is 0 Å². The van der Waals surface area contributed by atoms with Gasteiger partial charge in [0.25, 0.3) is 0 Å².